The average Bonchev–Trinajstić information content (AvgIpc) is 2.74. The van der Waals surface area contributed by atoms with Crippen molar-refractivity contribution in [1.82, 2.24) is 15.5 Å². The highest BCUT2D eigenvalue weighted by molar-refractivity contribution is 6.30. The molecule has 1 heterocycles. The van der Waals surface area contributed by atoms with Gasteiger partial charge in [0.05, 0.1) is 0 Å². The molecule has 3 amide bonds. The lowest BCUT2D eigenvalue weighted by molar-refractivity contribution is -0.128. The predicted molar refractivity (Wildman–Crippen MR) is 121 cm³/mol. The summed E-state index contributed by atoms with van der Waals surface area (Å²) < 4.78 is 0. The number of nitrogens with zero attached hydrogens (tertiary/aromatic N) is 1. The third kappa shape index (κ3) is 6.56. The number of benzene rings is 2. The topological polar surface area (TPSA) is 78.5 Å². The maximum Gasteiger partial charge on any atom is 0.253 e. The number of amides is 3. The number of aryl methyl sites for hydroxylation is 1. The largest absolute Gasteiger partial charge is 0.351 e. The van der Waals surface area contributed by atoms with Crippen molar-refractivity contribution in [2.75, 3.05) is 13.1 Å². The summed E-state index contributed by atoms with van der Waals surface area (Å²) in [7, 11) is 0. The second kappa shape index (κ2) is 10.4. The van der Waals surface area contributed by atoms with E-state index in [0.29, 0.717) is 42.9 Å². The van der Waals surface area contributed by atoms with Gasteiger partial charge in [0.2, 0.25) is 11.8 Å². The fraction of sp³-hybridized carbons (Fsp3) is 0.375. The van der Waals surface area contributed by atoms with E-state index < -0.39 is 6.04 Å². The van der Waals surface area contributed by atoms with Gasteiger partial charge in [-0.3, -0.25) is 14.4 Å². The number of hydrogen-bond donors (Lipinski definition) is 2. The van der Waals surface area contributed by atoms with Gasteiger partial charge < -0.3 is 15.5 Å². The Balaban J connectivity index is 1.55. The number of piperidine rings is 1. The van der Waals surface area contributed by atoms with E-state index in [0.717, 1.165) is 11.1 Å². The number of halogens is 1. The Bertz CT molecular complexity index is 937. The van der Waals surface area contributed by atoms with Gasteiger partial charge in [-0.25, -0.2) is 0 Å². The molecule has 1 atom stereocenters. The molecule has 0 bridgehead atoms. The third-order valence-electron chi connectivity index (χ3n) is 5.45. The minimum atomic E-state index is -0.633. The van der Waals surface area contributed by atoms with Crippen molar-refractivity contribution in [3.63, 3.8) is 0 Å². The molecular weight excluding hydrogens is 414 g/mol. The standard InChI is InChI=1S/C24H28ClN3O3/c1-16-6-8-18(9-7-16)14-22(26-17(2)29)23(30)27-21-10-12-28(13-11-21)24(31)19-4-3-5-20(25)15-19/h3-9,15,21-22H,10-14H2,1-2H3,(H,26,29)(H,27,30). The molecule has 2 aromatic carbocycles. The Kier molecular flexibility index (Phi) is 7.69. The molecule has 7 heteroatoms. The fourth-order valence-corrected chi connectivity index (χ4v) is 3.94. The van der Waals surface area contributed by atoms with E-state index >= 15 is 0 Å². The molecule has 0 radical (unpaired) electrons. The SMILES string of the molecule is CC(=O)NC(Cc1ccc(C)cc1)C(=O)NC1CCN(C(=O)c2cccc(Cl)c2)CC1. The summed E-state index contributed by atoms with van der Waals surface area (Å²) in [4.78, 5) is 39.0. The Labute approximate surface area is 188 Å². The summed E-state index contributed by atoms with van der Waals surface area (Å²) >= 11 is 5.99. The highest BCUT2D eigenvalue weighted by Crippen LogP contribution is 2.17. The molecule has 1 unspecified atom stereocenters. The van der Waals surface area contributed by atoms with E-state index in [4.69, 9.17) is 11.6 Å². The van der Waals surface area contributed by atoms with Crippen LogP contribution in [0.2, 0.25) is 5.02 Å². The van der Waals surface area contributed by atoms with Gasteiger partial charge in [0.1, 0.15) is 6.04 Å². The van der Waals surface area contributed by atoms with Gasteiger partial charge in [-0.2, -0.15) is 0 Å². The molecule has 3 rings (SSSR count). The van der Waals surface area contributed by atoms with Crippen molar-refractivity contribution in [3.05, 3.63) is 70.2 Å². The first-order chi connectivity index (χ1) is 14.8. The van der Waals surface area contributed by atoms with Crippen LogP contribution in [0.3, 0.4) is 0 Å². The van der Waals surface area contributed by atoms with Crippen LogP contribution in [-0.4, -0.2) is 47.8 Å². The van der Waals surface area contributed by atoms with E-state index in [2.05, 4.69) is 10.6 Å². The van der Waals surface area contributed by atoms with Crippen molar-refractivity contribution < 1.29 is 14.4 Å². The summed E-state index contributed by atoms with van der Waals surface area (Å²) in [5.41, 5.74) is 2.70. The summed E-state index contributed by atoms with van der Waals surface area (Å²) in [5, 5.41) is 6.34. The number of carbonyl (C=O) groups is 3. The maximum atomic E-state index is 12.9. The molecule has 164 valence electrons. The zero-order valence-corrected chi connectivity index (χ0v) is 18.6. The molecule has 31 heavy (non-hydrogen) atoms. The van der Waals surface area contributed by atoms with Gasteiger partial charge in [0.25, 0.3) is 5.91 Å². The quantitative estimate of drug-likeness (QED) is 0.722. The van der Waals surface area contributed by atoms with Gasteiger partial charge in [0.15, 0.2) is 0 Å². The number of rotatable bonds is 6. The van der Waals surface area contributed by atoms with Gasteiger partial charge in [0, 0.05) is 43.1 Å². The predicted octanol–water partition coefficient (Wildman–Crippen LogP) is 3.12. The Hall–Kier alpha value is -2.86. The van der Waals surface area contributed by atoms with Crippen molar-refractivity contribution in [3.8, 4) is 0 Å². The number of hydrogen-bond acceptors (Lipinski definition) is 3. The molecule has 0 aliphatic carbocycles. The zero-order chi connectivity index (χ0) is 22.4. The number of nitrogens with one attached hydrogen (secondary N) is 2. The van der Waals surface area contributed by atoms with Crippen molar-refractivity contribution >= 4 is 29.3 Å². The van der Waals surface area contributed by atoms with Crippen molar-refractivity contribution in [1.29, 1.82) is 0 Å². The van der Waals surface area contributed by atoms with Gasteiger partial charge in [-0.05, 0) is 43.5 Å². The molecule has 1 fully saturated rings. The first-order valence-electron chi connectivity index (χ1n) is 10.5. The van der Waals surface area contributed by atoms with Crippen LogP contribution in [0.5, 0.6) is 0 Å². The molecule has 0 spiro atoms. The first kappa shape index (κ1) is 22.8. The molecular formula is C24H28ClN3O3. The summed E-state index contributed by atoms with van der Waals surface area (Å²) in [5.74, 6) is -0.493. The molecule has 6 nitrogen and oxygen atoms in total. The van der Waals surface area contributed by atoms with Crippen LogP contribution in [0.25, 0.3) is 0 Å². The van der Waals surface area contributed by atoms with Gasteiger partial charge >= 0.3 is 0 Å². The smallest absolute Gasteiger partial charge is 0.253 e. The van der Waals surface area contributed by atoms with Gasteiger partial charge in [-0.1, -0.05) is 47.5 Å². The lowest BCUT2D eigenvalue weighted by atomic mass is 10.0. The van der Waals surface area contributed by atoms with Crippen LogP contribution in [0.15, 0.2) is 48.5 Å². The van der Waals surface area contributed by atoms with E-state index in [-0.39, 0.29) is 23.8 Å². The summed E-state index contributed by atoms with van der Waals surface area (Å²) in [6.07, 6.45) is 1.75. The minimum Gasteiger partial charge on any atom is -0.351 e. The molecule has 2 N–H and O–H groups in total. The van der Waals surface area contributed by atoms with Crippen LogP contribution >= 0.6 is 11.6 Å². The number of likely N-dealkylation sites (tertiary alicyclic amines) is 1. The van der Waals surface area contributed by atoms with E-state index in [9.17, 15) is 14.4 Å². The molecule has 1 aliphatic rings. The van der Waals surface area contributed by atoms with Crippen LogP contribution in [0, 0.1) is 6.92 Å². The van der Waals surface area contributed by atoms with Crippen LogP contribution < -0.4 is 10.6 Å². The van der Waals surface area contributed by atoms with Crippen LogP contribution in [0.4, 0.5) is 0 Å². The average molecular weight is 442 g/mol. The normalized spacial score (nSPS) is 15.3. The van der Waals surface area contributed by atoms with E-state index in [1.165, 1.54) is 6.92 Å². The monoisotopic (exact) mass is 441 g/mol. The Morgan fingerprint density at radius 3 is 2.39 bits per heavy atom. The summed E-state index contributed by atoms with van der Waals surface area (Å²) in [6.45, 7) is 4.53. The zero-order valence-electron chi connectivity index (χ0n) is 17.9. The lowest BCUT2D eigenvalue weighted by Crippen LogP contribution is -2.53. The molecule has 1 saturated heterocycles. The van der Waals surface area contributed by atoms with Crippen LogP contribution in [-0.2, 0) is 16.0 Å². The third-order valence-corrected chi connectivity index (χ3v) is 5.69. The Morgan fingerprint density at radius 1 is 1.10 bits per heavy atom. The van der Waals surface area contributed by atoms with Gasteiger partial charge in [-0.15, -0.1) is 0 Å². The van der Waals surface area contributed by atoms with Crippen molar-refractivity contribution in [2.24, 2.45) is 0 Å². The number of carbonyl (C=O) groups excluding carboxylic acids is 3. The van der Waals surface area contributed by atoms with E-state index in [1.54, 1.807) is 29.2 Å². The highest BCUT2D eigenvalue weighted by atomic mass is 35.5. The molecule has 2 aromatic rings. The molecule has 0 saturated carbocycles. The summed E-state index contributed by atoms with van der Waals surface area (Å²) in [6, 6.07) is 14.2. The van der Waals surface area contributed by atoms with Crippen molar-refractivity contribution in [2.45, 2.75) is 45.2 Å². The maximum absolute atomic E-state index is 12.9. The second-order valence-corrected chi connectivity index (χ2v) is 8.46. The first-order valence-corrected chi connectivity index (χ1v) is 10.9. The fourth-order valence-electron chi connectivity index (χ4n) is 3.75. The molecule has 0 aromatic heterocycles. The Morgan fingerprint density at radius 2 is 1.77 bits per heavy atom. The molecule has 1 aliphatic heterocycles. The van der Waals surface area contributed by atoms with Crippen LogP contribution in [0.1, 0.15) is 41.3 Å². The lowest BCUT2D eigenvalue weighted by Gasteiger charge is -2.33. The second-order valence-electron chi connectivity index (χ2n) is 8.03. The minimum absolute atomic E-state index is 0.0369. The highest BCUT2D eigenvalue weighted by Gasteiger charge is 2.27. The van der Waals surface area contributed by atoms with E-state index in [1.807, 2.05) is 31.2 Å².